The number of urea groups is 1. The number of nitrogens with zero attached hydrogens (tertiary/aromatic N) is 1. The summed E-state index contributed by atoms with van der Waals surface area (Å²) in [5.74, 6) is 0. The summed E-state index contributed by atoms with van der Waals surface area (Å²) in [4.78, 5) is 14.0. The minimum Gasteiger partial charge on any atom is -0.385 e. The van der Waals surface area contributed by atoms with E-state index in [1.165, 1.54) is 0 Å². The van der Waals surface area contributed by atoms with E-state index < -0.39 is 5.60 Å². The Bertz CT molecular complexity index is 470. The molecule has 0 aliphatic carbocycles. The molecule has 1 saturated heterocycles. The zero-order chi connectivity index (χ0) is 16.0. The number of hydrogen-bond donors (Lipinski definition) is 2. The normalized spacial score (nSPS) is 18.8. The Balaban J connectivity index is 1.90. The van der Waals surface area contributed by atoms with Gasteiger partial charge in [-0.25, -0.2) is 4.79 Å². The number of likely N-dealkylation sites (tertiary alicyclic amines) is 1. The Labute approximate surface area is 132 Å². The Kier molecular flexibility index (Phi) is 5.80. The molecule has 5 heteroatoms. The summed E-state index contributed by atoms with van der Waals surface area (Å²) >= 11 is 0. The van der Waals surface area contributed by atoms with Crippen molar-refractivity contribution in [2.24, 2.45) is 0 Å². The molecular formula is C17H26N2O3. The first-order valence-electron chi connectivity index (χ1n) is 7.91. The van der Waals surface area contributed by atoms with Crippen molar-refractivity contribution in [1.82, 2.24) is 10.2 Å². The number of rotatable bonds is 5. The van der Waals surface area contributed by atoms with Crippen LogP contribution < -0.4 is 5.32 Å². The smallest absolute Gasteiger partial charge is 0.317 e. The fourth-order valence-corrected chi connectivity index (χ4v) is 2.85. The van der Waals surface area contributed by atoms with E-state index in [0.717, 1.165) is 12.0 Å². The van der Waals surface area contributed by atoms with Crippen LogP contribution in [0.25, 0.3) is 0 Å². The first kappa shape index (κ1) is 16.8. The molecule has 0 unspecified atom stereocenters. The van der Waals surface area contributed by atoms with Gasteiger partial charge in [0, 0.05) is 20.2 Å². The van der Waals surface area contributed by atoms with Crippen molar-refractivity contribution in [3.05, 3.63) is 35.9 Å². The Morgan fingerprint density at radius 1 is 1.36 bits per heavy atom. The average Bonchev–Trinajstić information content (AvgIpc) is 2.55. The molecule has 1 aromatic carbocycles. The molecule has 0 saturated carbocycles. The van der Waals surface area contributed by atoms with Crippen LogP contribution in [0.2, 0.25) is 0 Å². The second-order valence-electron chi connectivity index (χ2n) is 5.89. The van der Waals surface area contributed by atoms with Crippen LogP contribution in [0, 0.1) is 0 Å². The summed E-state index contributed by atoms with van der Waals surface area (Å²) in [5, 5.41) is 13.8. The molecular weight excluding hydrogens is 280 g/mol. The van der Waals surface area contributed by atoms with Crippen molar-refractivity contribution in [2.75, 3.05) is 26.8 Å². The molecule has 1 aromatic rings. The van der Waals surface area contributed by atoms with Gasteiger partial charge < -0.3 is 20.1 Å². The molecule has 0 spiro atoms. The third kappa shape index (κ3) is 3.99. The van der Waals surface area contributed by atoms with Crippen molar-refractivity contribution in [2.45, 2.75) is 37.8 Å². The van der Waals surface area contributed by atoms with E-state index in [-0.39, 0.29) is 12.1 Å². The lowest BCUT2D eigenvalue weighted by Gasteiger charge is -2.39. The van der Waals surface area contributed by atoms with Crippen molar-refractivity contribution in [3.8, 4) is 0 Å². The van der Waals surface area contributed by atoms with Crippen molar-refractivity contribution >= 4 is 6.03 Å². The fourth-order valence-electron chi connectivity index (χ4n) is 2.85. The number of carbonyl (C=O) groups is 1. The number of amides is 2. The molecule has 0 aromatic heterocycles. The number of benzene rings is 1. The van der Waals surface area contributed by atoms with Crippen LogP contribution >= 0.6 is 0 Å². The quantitative estimate of drug-likeness (QED) is 0.876. The average molecular weight is 306 g/mol. The van der Waals surface area contributed by atoms with E-state index >= 15 is 0 Å². The number of carbonyl (C=O) groups excluding carboxylic acids is 1. The minimum atomic E-state index is -0.825. The highest BCUT2D eigenvalue weighted by atomic mass is 16.5. The van der Waals surface area contributed by atoms with Gasteiger partial charge in [0.25, 0.3) is 0 Å². The van der Waals surface area contributed by atoms with E-state index in [2.05, 4.69) is 5.32 Å². The van der Waals surface area contributed by atoms with Crippen molar-refractivity contribution in [3.63, 3.8) is 0 Å². The third-order valence-corrected chi connectivity index (χ3v) is 4.38. The van der Waals surface area contributed by atoms with Gasteiger partial charge in [0.05, 0.1) is 18.2 Å². The van der Waals surface area contributed by atoms with E-state index in [4.69, 9.17) is 4.74 Å². The van der Waals surface area contributed by atoms with E-state index in [1.54, 1.807) is 12.0 Å². The zero-order valence-corrected chi connectivity index (χ0v) is 13.4. The lowest BCUT2D eigenvalue weighted by Crippen LogP contribution is -2.51. The first-order chi connectivity index (χ1) is 10.6. The maximum absolute atomic E-state index is 12.3. The van der Waals surface area contributed by atoms with E-state index in [9.17, 15) is 9.90 Å². The van der Waals surface area contributed by atoms with Crippen LogP contribution in [0.1, 0.15) is 31.7 Å². The number of hydrogen-bond acceptors (Lipinski definition) is 3. The maximum atomic E-state index is 12.3. The molecule has 5 nitrogen and oxygen atoms in total. The molecule has 1 aliphatic heterocycles. The molecule has 0 bridgehead atoms. The Morgan fingerprint density at radius 3 is 2.55 bits per heavy atom. The maximum Gasteiger partial charge on any atom is 0.317 e. The molecule has 1 fully saturated rings. The van der Waals surface area contributed by atoms with Crippen LogP contribution in [-0.4, -0.2) is 48.9 Å². The largest absolute Gasteiger partial charge is 0.385 e. The van der Waals surface area contributed by atoms with Gasteiger partial charge >= 0.3 is 6.03 Å². The monoisotopic (exact) mass is 306 g/mol. The van der Waals surface area contributed by atoms with Gasteiger partial charge in [0.15, 0.2) is 0 Å². The van der Waals surface area contributed by atoms with Crippen molar-refractivity contribution < 1.29 is 14.6 Å². The van der Waals surface area contributed by atoms with Gasteiger partial charge in [-0.05, 0) is 24.8 Å². The number of ether oxygens (including phenoxy) is 1. The lowest BCUT2D eigenvalue weighted by molar-refractivity contribution is -0.0172. The fraction of sp³-hybridized carbons (Fsp3) is 0.588. The highest BCUT2D eigenvalue weighted by Gasteiger charge is 2.35. The third-order valence-electron chi connectivity index (χ3n) is 4.38. The molecule has 1 atom stereocenters. The predicted octanol–water partition coefficient (Wildman–Crippen LogP) is 2.10. The molecule has 1 heterocycles. The van der Waals surface area contributed by atoms with Crippen LogP contribution in [0.15, 0.2) is 30.3 Å². The van der Waals surface area contributed by atoms with E-state index in [0.29, 0.717) is 32.5 Å². The Hall–Kier alpha value is -1.59. The molecule has 0 radical (unpaired) electrons. The first-order valence-corrected chi connectivity index (χ1v) is 7.91. The van der Waals surface area contributed by atoms with E-state index in [1.807, 2.05) is 37.3 Å². The number of aliphatic hydroxyl groups is 1. The minimum absolute atomic E-state index is 0.0347. The second kappa shape index (κ2) is 7.61. The summed E-state index contributed by atoms with van der Waals surface area (Å²) in [6.45, 7) is 3.65. The SMILES string of the molecule is CC[C@H](COC)NC(=O)N1CCC(O)(c2ccccc2)CC1. The Morgan fingerprint density at radius 2 is 2.00 bits per heavy atom. The van der Waals surface area contributed by atoms with Gasteiger partial charge in [0.2, 0.25) is 0 Å². The molecule has 2 rings (SSSR count). The zero-order valence-electron chi connectivity index (χ0n) is 13.4. The molecule has 2 N–H and O–H groups in total. The number of nitrogens with one attached hydrogen (secondary N) is 1. The predicted molar refractivity (Wildman–Crippen MR) is 85.6 cm³/mol. The highest BCUT2D eigenvalue weighted by molar-refractivity contribution is 5.74. The summed E-state index contributed by atoms with van der Waals surface area (Å²) in [6.07, 6.45) is 1.96. The standard InChI is InChI=1S/C17H26N2O3/c1-3-15(13-22-2)18-16(20)19-11-9-17(21,10-12-19)14-7-5-4-6-8-14/h4-8,15,21H,3,9-13H2,1-2H3,(H,18,20)/t15-/m1/s1. The molecule has 22 heavy (non-hydrogen) atoms. The lowest BCUT2D eigenvalue weighted by atomic mass is 9.84. The molecule has 122 valence electrons. The van der Waals surface area contributed by atoms with Gasteiger partial charge in [0.1, 0.15) is 0 Å². The topological polar surface area (TPSA) is 61.8 Å². The van der Waals surface area contributed by atoms with Crippen LogP contribution in [0.5, 0.6) is 0 Å². The van der Waals surface area contributed by atoms with Crippen LogP contribution in [0.4, 0.5) is 4.79 Å². The summed E-state index contributed by atoms with van der Waals surface area (Å²) in [5.41, 5.74) is 0.107. The van der Waals surface area contributed by atoms with Gasteiger partial charge in [-0.3, -0.25) is 0 Å². The number of methoxy groups -OCH3 is 1. The summed E-state index contributed by atoms with van der Waals surface area (Å²) in [7, 11) is 1.63. The van der Waals surface area contributed by atoms with Gasteiger partial charge in [-0.2, -0.15) is 0 Å². The molecule has 1 aliphatic rings. The highest BCUT2D eigenvalue weighted by Crippen LogP contribution is 2.32. The summed E-state index contributed by atoms with van der Waals surface area (Å²) < 4.78 is 5.10. The van der Waals surface area contributed by atoms with Crippen LogP contribution in [0.3, 0.4) is 0 Å². The van der Waals surface area contributed by atoms with Gasteiger partial charge in [-0.1, -0.05) is 37.3 Å². The number of piperidine rings is 1. The van der Waals surface area contributed by atoms with Crippen LogP contribution in [-0.2, 0) is 10.3 Å². The van der Waals surface area contributed by atoms with Gasteiger partial charge in [-0.15, -0.1) is 0 Å². The second-order valence-corrected chi connectivity index (χ2v) is 5.89. The summed E-state index contributed by atoms with van der Waals surface area (Å²) in [6, 6.07) is 9.66. The molecule has 2 amide bonds. The van der Waals surface area contributed by atoms with Crippen molar-refractivity contribution in [1.29, 1.82) is 0 Å².